The zero-order chi connectivity index (χ0) is 17.8. The minimum Gasteiger partial charge on any atom is -0.353 e. The van der Waals surface area contributed by atoms with Gasteiger partial charge in [-0.1, -0.05) is 30.3 Å². The highest BCUT2D eigenvalue weighted by atomic mass is 16.2. The fourth-order valence-corrected chi connectivity index (χ4v) is 3.15. The molecular formula is C19H20N6O. The zero-order valence-corrected chi connectivity index (χ0v) is 14.4. The molecule has 132 valence electrons. The number of anilines is 1. The molecule has 1 aliphatic rings. The number of hydrogen-bond donors (Lipinski definition) is 1. The number of nitrogens with one attached hydrogen (secondary N) is 1. The van der Waals surface area contributed by atoms with E-state index in [0.717, 1.165) is 43.1 Å². The van der Waals surface area contributed by atoms with Crippen LogP contribution in [-0.2, 0) is 0 Å². The fourth-order valence-electron chi connectivity index (χ4n) is 3.15. The van der Waals surface area contributed by atoms with Crippen molar-refractivity contribution in [3.05, 3.63) is 60.4 Å². The van der Waals surface area contributed by atoms with Gasteiger partial charge < -0.3 is 9.80 Å². The summed E-state index contributed by atoms with van der Waals surface area (Å²) in [5, 5.41) is 15.4. The van der Waals surface area contributed by atoms with E-state index in [9.17, 15) is 4.79 Å². The van der Waals surface area contributed by atoms with E-state index in [1.54, 1.807) is 12.3 Å². The van der Waals surface area contributed by atoms with Crippen LogP contribution in [0.1, 0.15) is 16.9 Å². The monoisotopic (exact) mass is 348 g/mol. The van der Waals surface area contributed by atoms with E-state index in [-0.39, 0.29) is 5.91 Å². The van der Waals surface area contributed by atoms with Gasteiger partial charge >= 0.3 is 0 Å². The predicted octanol–water partition coefficient (Wildman–Crippen LogP) is 2.22. The molecule has 0 bridgehead atoms. The Hall–Kier alpha value is -3.22. The number of nitrogens with zero attached hydrogens (tertiary/aromatic N) is 5. The average Bonchev–Trinajstić information content (AvgIpc) is 3.13. The van der Waals surface area contributed by atoms with Crippen LogP contribution in [0, 0.1) is 0 Å². The van der Waals surface area contributed by atoms with Gasteiger partial charge in [0.15, 0.2) is 5.82 Å². The molecule has 1 aromatic carbocycles. The van der Waals surface area contributed by atoms with Gasteiger partial charge in [-0.25, -0.2) is 0 Å². The molecule has 1 saturated heterocycles. The molecular weight excluding hydrogens is 328 g/mol. The van der Waals surface area contributed by atoms with Crippen LogP contribution in [-0.4, -0.2) is 57.4 Å². The Morgan fingerprint density at radius 3 is 2.54 bits per heavy atom. The van der Waals surface area contributed by atoms with E-state index in [0.29, 0.717) is 12.2 Å². The summed E-state index contributed by atoms with van der Waals surface area (Å²) in [7, 11) is 0. The summed E-state index contributed by atoms with van der Waals surface area (Å²) in [6.07, 6.45) is 2.49. The van der Waals surface area contributed by atoms with Gasteiger partial charge in [0, 0.05) is 37.9 Å². The van der Waals surface area contributed by atoms with Crippen molar-refractivity contribution in [1.29, 1.82) is 0 Å². The third-order valence-electron chi connectivity index (χ3n) is 4.56. The Kier molecular flexibility index (Phi) is 4.59. The lowest BCUT2D eigenvalue weighted by Gasteiger charge is -2.22. The first-order valence-corrected chi connectivity index (χ1v) is 8.74. The van der Waals surface area contributed by atoms with Crippen molar-refractivity contribution in [2.75, 3.05) is 31.1 Å². The van der Waals surface area contributed by atoms with Crippen molar-refractivity contribution in [3.63, 3.8) is 0 Å². The van der Waals surface area contributed by atoms with Crippen LogP contribution in [0.25, 0.3) is 11.3 Å². The van der Waals surface area contributed by atoms with Crippen LogP contribution in [0.2, 0.25) is 0 Å². The van der Waals surface area contributed by atoms with E-state index < -0.39 is 0 Å². The highest BCUT2D eigenvalue weighted by Gasteiger charge is 2.21. The van der Waals surface area contributed by atoms with Gasteiger partial charge in [-0.05, 0) is 24.6 Å². The van der Waals surface area contributed by atoms with Gasteiger partial charge in [0.25, 0.3) is 5.91 Å². The zero-order valence-electron chi connectivity index (χ0n) is 14.4. The van der Waals surface area contributed by atoms with Gasteiger partial charge in [-0.15, -0.1) is 10.2 Å². The van der Waals surface area contributed by atoms with Crippen LogP contribution in [0.5, 0.6) is 0 Å². The third kappa shape index (κ3) is 3.42. The summed E-state index contributed by atoms with van der Waals surface area (Å²) in [4.78, 5) is 16.5. The molecule has 0 spiro atoms. The van der Waals surface area contributed by atoms with E-state index in [1.807, 2.05) is 47.4 Å². The standard InChI is InChI=1S/C19H20N6O/c26-19(17-9-10-20-21-17)25-12-4-11-24(13-14-25)18-8-7-16(22-23-18)15-5-2-1-3-6-15/h1-3,5-10H,4,11-14H2,(H,20,21). The molecule has 0 atom stereocenters. The van der Waals surface area contributed by atoms with E-state index in [2.05, 4.69) is 25.3 Å². The molecule has 7 nitrogen and oxygen atoms in total. The average molecular weight is 348 g/mol. The van der Waals surface area contributed by atoms with Crippen molar-refractivity contribution in [2.45, 2.75) is 6.42 Å². The van der Waals surface area contributed by atoms with Crippen LogP contribution in [0.4, 0.5) is 5.82 Å². The molecule has 0 radical (unpaired) electrons. The van der Waals surface area contributed by atoms with E-state index in [1.165, 1.54) is 0 Å². The lowest BCUT2D eigenvalue weighted by atomic mass is 10.1. The number of aromatic amines is 1. The molecule has 1 fully saturated rings. The summed E-state index contributed by atoms with van der Waals surface area (Å²) >= 11 is 0. The summed E-state index contributed by atoms with van der Waals surface area (Å²) in [6, 6.07) is 15.7. The smallest absolute Gasteiger partial charge is 0.271 e. The number of benzene rings is 1. The molecule has 26 heavy (non-hydrogen) atoms. The minimum absolute atomic E-state index is 0.00476. The Balaban J connectivity index is 1.43. The van der Waals surface area contributed by atoms with Crippen molar-refractivity contribution >= 4 is 11.7 Å². The second kappa shape index (κ2) is 7.35. The van der Waals surface area contributed by atoms with Crippen LogP contribution in [0.3, 0.4) is 0 Å². The summed E-state index contributed by atoms with van der Waals surface area (Å²) in [5.74, 6) is 0.843. The first kappa shape index (κ1) is 16.3. The maximum Gasteiger partial charge on any atom is 0.271 e. The first-order chi connectivity index (χ1) is 12.8. The topological polar surface area (TPSA) is 78.0 Å². The number of carbonyl (C=O) groups is 1. The Bertz CT molecular complexity index is 848. The van der Waals surface area contributed by atoms with Gasteiger partial charge in [-0.3, -0.25) is 9.89 Å². The predicted molar refractivity (Wildman–Crippen MR) is 98.8 cm³/mol. The van der Waals surface area contributed by atoms with Crippen LogP contribution in [0.15, 0.2) is 54.7 Å². The van der Waals surface area contributed by atoms with Gasteiger partial charge in [0.1, 0.15) is 5.69 Å². The Morgan fingerprint density at radius 1 is 0.923 bits per heavy atom. The third-order valence-corrected chi connectivity index (χ3v) is 4.56. The molecule has 1 amide bonds. The second-order valence-electron chi connectivity index (χ2n) is 6.25. The van der Waals surface area contributed by atoms with E-state index >= 15 is 0 Å². The highest BCUT2D eigenvalue weighted by molar-refractivity contribution is 5.92. The van der Waals surface area contributed by atoms with Crippen molar-refractivity contribution in [3.8, 4) is 11.3 Å². The summed E-state index contributed by atoms with van der Waals surface area (Å²) in [6.45, 7) is 2.97. The number of amides is 1. The van der Waals surface area contributed by atoms with Crippen LogP contribution < -0.4 is 4.90 Å². The molecule has 1 aliphatic heterocycles. The SMILES string of the molecule is O=C(c1ccn[nH]1)N1CCCN(c2ccc(-c3ccccc3)nn2)CC1. The molecule has 4 rings (SSSR count). The molecule has 2 aromatic heterocycles. The normalized spacial score (nSPS) is 14.9. The van der Waals surface area contributed by atoms with Crippen LogP contribution >= 0.6 is 0 Å². The number of hydrogen-bond acceptors (Lipinski definition) is 5. The maximum atomic E-state index is 12.5. The lowest BCUT2D eigenvalue weighted by molar-refractivity contribution is 0.0761. The molecule has 0 saturated carbocycles. The highest BCUT2D eigenvalue weighted by Crippen LogP contribution is 2.19. The molecule has 0 aliphatic carbocycles. The fraction of sp³-hybridized carbons (Fsp3) is 0.263. The van der Waals surface area contributed by atoms with Gasteiger partial charge in [0.2, 0.25) is 0 Å². The number of aromatic nitrogens is 4. The van der Waals surface area contributed by atoms with Gasteiger partial charge in [-0.2, -0.15) is 5.10 Å². The maximum absolute atomic E-state index is 12.5. The number of H-pyrrole nitrogens is 1. The van der Waals surface area contributed by atoms with Crippen molar-refractivity contribution in [1.82, 2.24) is 25.3 Å². The molecule has 7 heteroatoms. The molecule has 3 aromatic rings. The summed E-state index contributed by atoms with van der Waals surface area (Å²) < 4.78 is 0. The van der Waals surface area contributed by atoms with Crippen molar-refractivity contribution in [2.24, 2.45) is 0 Å². The quantitative estimate of drug-likeness (QED) is 0.785. The first-order valence-electron chi connectivity index (χ1n) is 8.74. The number of rotatable bonds is 3. The number of carbonyl (C=O) groups excluding carboxylic acids is 1. The van der Waals surface area contributed by atoms with Crippen molar-refractivity contribution < 1.29 is 4.79 Å². The van der Waals surface area contributed by atoms with E-state index in [4.69, 9.17) is 0 Å². The minimum atomic E-state index is -0.00476. The Labute approximate surface area is 151 Å². The Morgan fingerprint density at radius 2 is 1.81 bits per heavy atom. The summed E-state index contributed by atoms with van der Waals surface area (Å²) in [5.41, 5.74) is 2.45. The lowest BCUT2D eigenvalue weighted by Crippen LogP contribution is -2.35. The molecule has 3 heterocycles. The second-order valence-corrected chi connectivity index (χ2v) is 6.25. The largest absolute Gasteiger partial charge is 0.353 e. The van der Waals surface area contributed by atoms with Gasteiger partial charge in [0.05, 0.1) is 5.69 Å². The molecule has 0 unspecified atom stereocenters. The molecule has 1 N–H and O–H groups in total.